The molecular formula is C26H23N3. The fraction of sp³-hybridized carbons (Fsp3) is 0.154. The Morgan fingerprint density at radius 1 is 0.724 bits per heavy atom. The Morgan fingerprint density at radius 2 is 1.14 bits per heavy atom. The van der Waals surface area contributed by atoms with E-state index in [2.05, 4.69) is 88.4 Å². The summed E-state index contributed by atoms with van der Waals surface area (Å²) in [6.45, 7) is 3.80. The number of nitrogens with zero attached hydrogens (tertiary/aromatic N) is 3. The molecule has 0 bridgehead atoms. The van der Waals surface area contributed by atoms with Crippen molar-refractivity contribution in [2.75, 3.05) is 0 Å². The van der Waals surface area contributed by atoms with Crippen LogP contribution in [-0.4, -0.2) is 9.55 Å². The number of benzene rings is 3. The number of rotatable bonds is 5. The number of hydrogen-bond donors (Lipinski definition) is 0. The van der Waals surface area contributed by atoms with E-state index in [1.165, 1.54) is 0 Å². The predicted molar refractivity (Wildman–Crippen MR) is 115 cm³/mol. The average Bonchev–Trinajstić information content (AvgIpc) is 3.28. The summed E-state index contributed by atoms with van der Waals surface area (Å²) in [6.07, 6.45) is 3.86. The van der Waals surface area contributed by atoms with Crippen molar-refractivity contribution in [1.82, 2.24) is 9.55 Å². The lowest BCUT2D eigenvalue weighted by Gasteiger charge is -2.37. The van der Waals surface area contributed by atoms with Gasteiger partial charge in [-0.1, -0.05) is 91.0 Å². The van der Waals surface area contributed by atoms with E-state index in [1.54, 1.807) is 0 Å². The van der Waals surface area contributed by atoms with E-state index in [-0.39, 0.29) is 0 Å². The van der Waals surface area contributed by atoms with Crippen LogP contribution in [0.5, 0.6) is 0 Å². The highest BCUT2D eigenvalue weighted by Crippen LogP contribution is 2.41. The zero-order valence-corrected chi connectivity index (χ0v) is 16.7. The number of nitriles is 1. The van der Waals surface area contributed by atoms with Gasteiger partial charge in [0, 0.05) is 6.20 Å². The smallest absolute Gasteiger partial charge is 0.121 e. The zero-order valence-electron chi connectivity index (χ0n) is 16.7. The van der Waals surface area contributed by atoms with Crippen LogP contribution < -0.4 is 0 Å². The van der Waals surface area contributed by atoms with Gasteiger partial charge < -0.3 is 4.57 Å². The molecule has 1 aromatic heterocycles. The van der Waals surface area contributed by atoms with Gasteiger partial charge in [0.2, 0.25) is 0 Å². The molecule has 3 aromatic carbocycles. The standard InChI is InChI=1S/C26H23N3/c1-25(2,19-27)24-18-29(20-28-24)26(21-12-6-3-7-13-21,22-14-8-4-9-15-22)23-16-10-5-11-17-23/h3-18,20H,1-2H3. The van der Waals surface area contributed by atoms with Crippen LogP contribution in [0.3, 0.4) is 0 Å². The summed E-state index contributed by atoms with van der Waals surface area (Å²) >= 11 is 0. The van der Waals surface area contributed by atoms with Crippen molar-refractivity contribution in [2.24, 2.45) is 0 Å². The molecule has 0 amide bonds. The third kappa shape index (κ3) is 3.13. The molecule has 4 aromatic rings. The molecule has 0 atom stereocenters. The third-order valence-corrected chi connectivity index (χ3v) is 5.46. The quantitative estimate of drug-likeness (QED) is 0.429. The summed E-state index contributed by atoms with van der Waals surface area (Å²) in [5, 5.41) is 9.61. The maximum Gasteiger partial charge on any atom is 0.121 e. The first kappa shape index (κ1) is 18.7. The highest BCUT2D eigenvalue weighted by Gasteiger charge is 2.39. The Morgan fingerprint density at radius 3 is 1.52 bits per heavy atom. The van der Waals surface area contributed by atoms with Gasteiger partial charge in [-0.05, 0) is 30.5 Å². The fourth-order valence-electron chi connectivity index (χ4n) is 3.87. The van der Waals surface area contributed by atoms with Crippen molar-refractivity contribution in [3.63, 3.8) is 0 Å². The topological polar surface area (TPSA) is 41.6 Å². The van der Waals surface area contributed by atoms with Gasteiger partial charge in [-0.25, -0.2) is 4.98 Å². The van der Waals surface area contributed by atoms with Gasteiger partial charge in [0.25, 0.3) is 0 Å². The second-order valence-corrected chi connectivity index (χ2v) is 7.71. The Balaban J connectivity index is 2.08. The van der Waals surface area contributed by atoms with Crippen LogP contribution in [0.25, 0.3) is 0 Å². The summed E-state index contributed by atoms with van der Waals surface area (Å²) in [6, 6.07) is 33.7. The lowest BCUT2D eigenvalue weighted by atomic mass is 9.76. The summed E-state index contributed by atoms with van der Waals surface area (Å²) in [4.78, 5) is 4.64. The second kappa shape index (κ2) is 7.41. The Labute approximate surface area is 171 Å². The summed E-state index contributed by atoms with van der Waals surface area (Å²) in [5.74, 6) is 0. The molecular weight excluding hydrogens is 354 g/mol. The van der Waals surface area contributed by atoms with E-state index >= 15 is 0 Å². The Hall–Kier alpha value is -3.64. The molecule has 0 spiro atoms. The summed E-state index contributed by atoms with van der Waals surface area (Å²) in [5.41, 5.74) is 2.90. The van der Waals surface area contributed by atoms with Crippen molar-refractivity contribution in [3.05, 3.63) is 126 Å². The minimum Gasteiger partial charge on any atom is -0.319 e. The predicted octanol–water partition coefficient (Wildman–Crippen LogP) is 5.52. The molecule has 0 N–H and O–H groups in total. The van der Waals surface area contributed by atoms with Crippen LogP contribution in [0.2, 0.25) is 0 Å². The lowest BCUT2D eigenvalue weighted by Crippen LogP contribution is -2.37. The van der Waals surface area contributed by atoms with Crippen molar-refractivity contribution < 1.29 is 0 Å². The van der Waals surface area contributed by atoms with Gasteiger partial charge in [0.15, 0.2) is 0 Å². The monoisotopic (exact) mass is 377 g/mol. The largest absolute Gasteiger partial charge is 0.319 e. The van der Waals surface area contributed by atoms with Crippen molar-refractivity contribution in [1.29, 1.82) is 5.26 Å². The van der Waals surface area contributed by atoms with Crippen LogP contribution in [0, 0.1) is 11.3 Å². The lowest BCUT2D eigenvalue weighted by molar-refractivity contribution is 0.513. The van der Waals surface area contributed by atoms with Crippen molar-refractivity contribution >= 4 is 0 Å². The molecule has 29 heavy (non-hydrogen) atoms. The maximum absolute atomic E-state index is 9.61. The molecule has 3 heteroatoms. The molecule has 3 nitrogen and oxygen atoms in total. The van der Waals surface area contributed by atoms with Crippen LogP contribution in [0.15, 0.2) is 104 Å². The highest BCUT2D eigenvalue weighted by atomic mass is 15.1. The Bertz CT molecular complexity index is 1020. The van der Waals surface area contributed by atoms with E-state index in [9.17, 15) is 5.26 Å². The first-order valence-electron chi connectivity index (χ1n) is 9.72. The van der Waals surface area contributed by atoms with Gasteiger partial charge in [-0.3, -0.25) is 0 Å². The van der Waals surface area contributed by atoms with Crippen molar-refractivity contribution in [2.45, 2.75) is 24.8 Å². The molecule has 0 radical (unpaired) electrons. The molecule has 0 aliphatic heterocycles. The van der Waals surface area contributed by atoms with E-state index in [4.69, 9.17) is 0 Å². The first-order chi connectivity index (χ1) is 14.1. The molecule has 4 rings (SSSR count). The van der Waals surface area contributed by atoms with Crippen molar-refractivity contribution in [3.8, 4) is 6.07 Å². The molecule has 1 heterocycles. The molecule has 142 valence electrons. The average molecular weight is 377 g/mol. The second-order valence-electron chi connectivity index (χ2n) is 7.71. The minimum atomic E-state index is -0.666. The van der Waals surface area contributed by atoms with Gasteiger partial charge in [0.05, 0.1) is 23.5 Å². The minimum absolute atomic E-state index is 0.597. The molecule has 0 aliphatic rings. The maximum atomic E-state index is 9.61. The first-order valence-corrected chi connectivity index (χ1v) is 9.72. The Kier molecular flexibility index (Phi) is 4.78. The van der Waals surface area contributed by atoms with E-state index < -0.39 is 11.0 Å². The summed E-state index contributed by atoms with van der Waals surface area (Å²) < 4.78 is 2.14. The van der Waals surface area contributed by atoms with Crippen LogP contribution in [0.4, 0.5) is 0 Å². The number of hydrogen-bond acceptors (Lipinski definition) is 2. The van der Waals surface area contributed by atoms with Crippen LogP contribution >= 0.6 is 0 Å². The molecule has 0 fully saturated rings. The molecule has 0 saturated heterocycles. The van der Waals surface area contributed by atoms with Gasteiger partial charge >= 0.3 is 0 Å². The zero-order chi connectivity index (χ0) is 20.3. The highest BCUT2D eigenvalue weighted by molar-refractivity contribution is 5.50. The SMILES string of the molecule is CC(C)(C#N)c1cn(C(c2ccccc2)(c2ccccc2)c2ccccc2)cn1. The molecule has 0 saturated carbocycles. The normalized spacial score (nSPS) is 11.8. The van der Waals surface area contributed by atoms with E-state index in [1.807, 2.05) is 44.6 Å². The molecule has 0 unspecified atom stereocenters. The summed E-state index contributed by atoms with van der Waals surface area (Å²) in [7, 11) is 0. The van der Waals surface area contributed by atoms with E-state index in [0.29, 0.717) is 0 Å². The van der Waals surface area contributed by atoms with Crippen LogP contribution in [0.1, 0.15) is 36.2 Å². The number of imidazole rings is 1. The third-order valence-electron chi connectivity index (χ3n) is 5.46. The van der Waals surface area contributed by atoms with E-state index in [0.717, 1.165) is 22.4 Å². The fourth-order valence-corrected chi connectivity index (χ4v) is 3.87. The number of aromatic nitrogens is 2. The molecule has 0 aliphatic carbocycles. The van der Waals surface area contributed by atoms with Crippen LogP contribution in [-0.2, 0) is 11.0 Å². The van der Waals surface area contributed by atoms with Gasteiger partial charge in [0.1, 0.15) is 5.54 Å². The van der Waals surface area contributed by atoms with Gasteiger partial charge in [-0.15, -0.1) is 0 Å². The van der Waals surface area contributed by atoms with Gasteiger partial charge in [-0.2, -0.15) is 5.26 Å².